The molecule has 0 N–H and O–H groups in total. The molecule has 0 saturated heterocycles. The maximum Gasteiger partial charge on any atom is 0.164 e. The van der Waals surface area contributed by atoms with Gasteiger partial charge in [0.15, 0.2) is 17.5 Å². The molecule has 5 heteroatoms. The van der Waals surface area contributed by atoms with E-state index in [4.69, 9.17) is 15.0 Å². The standard InChI is InChI=1S/C63H43N5/c1-3-17-42(18-4-1)46-21-15-22-48(39-46)62-64-61(65-63(66-62)49-23-16-24-50(40-49)67-56-29-11-7-25-51(56)52-26-8-12-30-57(52)67)45-35-33-44(34-36-45)55-41-47(43-19-5-2-6-20-43)37-38-60(55)68-58-31-13-9-27-53(58)54-28-10-14-32-59(54)68/h1-13,15-31,33-41H,14,32H2. The molecule has 5 nitrogen and oxygen atoms in total. The third-order valence-electron chi connectivity index (χ3n) is 13.5. The van der Waals surface area contributed by atoms with Gasteiger partial charge in [0.1, 0.15) is 0 Å². The molecule has 0 saturated carbocycles. The molecule has 0 aliphatic heterocycles. The fourth-order valence-corrected chi connectivity index (χ4v) is 10.2. The quantitative estimate of drug-likeness (QED) is 0.153. The van der Waals surface area contributed by atoms with Gasteiger partial charge in [-0.25, -0.2) is 15.0 Å². The molecule has 68 heavy (non-hydrogen) atoms. The van der Waals surface area contributed by atoms with Crippen LogP contribution in [0.3, 0.4) is 0 Å². The number of rotatable bonds is 8. The molecule has 0 unspecified atom stereocenters. The molecule has 0 spiro atoms. The van der Waals surface area contributed by atoms with E-state index in [1.807, 2.05) is 6.07 Å². The second kappa shape index (κ2) is 16.5. The molecule has 0 atom stereocenters. The molecule has 0 radical (unpaired) electrons. The van der Waals surface area contributed by atoms with Crippen molar-refractivity contribution in [1.29, 1.82) is 0 Å². The predicted molar refractivity (Wildman–Crippen MR) is 281 cm³/mol. The van der Waals surface area contributed by atoms with Crippen LogP contribution in [0.25, 0.3) is 118 Å². The first-order chi connectivity index (χ1) is 33.7. The highest BCUT2D eigenvalue weighted by Gasteiger charge is 2.22. The average molecular weight is 870 g/mol. The first-order valence-electron chi connectivity index (χ1n) is 23.3. The zero-order valence-electron chi connectivity index (χ0n) is 37.2. The van der Waals surface area contributed by atoms with Crippen LogP contribution in [0.1, 0.15) is 17.7 Å². The number of fused-ring (bicyclic) bond motifs is 6. The minimum Gasteiger partial charge on any atom is -0.312 e. The summed E-state index contributed by atoms with van der Waals surface area (Å²) in [6.07, 6.45) is 6.61. The molecule has 1 aliphatic rings. The fraction of sp³-hybridized carbons (Fsp3) is 0.0317. The van der Waals surface area contributed by atoms with Crippen molar-refractivity contribution in [3.63, 3.8) is 0 Å². The Morgan fingerprint density at radius 1 is 0.338 bits per heavy atom. The number of hydrogen-bond donors (Lipinski definition) is 0. The van der Waals surface area contributed by atoms with Crippen molar-refractivity contribution >= 4 is 38.8 Å². The third-order valence-corrected chi connectivity index (χ3v) is 13.5. The number of para-hydroxylation sites is 3. The number of nitrogens with zero attached hydrogens (tertiary/aromatic N) is 5. The predicted octanol–water partition coefficient (Wildman–Crippen LogP) is 15.9. The average Bonchev–Trinajstić information content (AvgIpc) is 3.94. The van der Waals surface area contributed by atoms with Crippen LogP contribution in [0.4, 0.5) is 0 Å². The topological polar surface area (TPSA) is 48.5 Å². The molecule has 12 aromatic rings. The molecule has 1 aliphatic carbocycles. The van der Waals surface area contributed by atoms with Crippen molar-refractivity contribution in [3.8, 4) is 78.9 Å². The van der Waals surface area contributed by atoms with Gasteiger partial charge in [-0.05, 0) is 89.2 Å². The van der Waals surface area contributed by atoms with E-state index in [-0.39, 0.29) is 0 Å². The van der Waals surface area contributed by atoms with Crippen LogP contribution in [-0.4, -0.2) is 24.1 Å². The Bertz CT molecular complexity index is 3840. The molecular weight excluding hydrogens is 827 g/mol. The Morgan fingerprint density at radius 3 is 1.49 bits per heavy atom. The van der Waals surface area contributed by atoms with Crippen LogP contribution >= 0.6 is 0 Å². The summed E-state index contributed by atoms with van der Waals surface area (Å²) in [6.45, 7) is 0. The van der Waals surface area contributed by atoms with Crippen molar-refractivity contribution in [3.05, 3.63) is 242 Å². The van der Waals surface area contributed by atoms with Crippen molar-refractivity contribution in [2.45, 2.75) is 12.8 Å². The lowest BCUT2D eigenvalue weighted by atomic mass is 9.96. The van der Waals surface area contributed by atoms with Gasteiger partial charge in [0.05, 0.1) is 22.2 Å². The minimum absolute atomic E-state index is 0.609. The number of hydrogen-bond acceptors (Lipinski definition) is 3. The Balaban J connectivity index is 0.963. The molecule has 9 aromatic carbocycles. The molecule has 0 amide bonds. The molecular formula is C63H43N5. The summed E-state index contributed by atoms with van der Waals surface area (Å²) in [7, 11) is 0. The lowest BCUT2D eigenvalue weighted by Gasteiger charge is -2.19. The van der Waals surface area contributed by atoms with Gasteiger partial charge in [0, 0.05) is 55.4 Å². The van der Waals surface area contributed by atoms with Crippen molar-refractivity contribution < 1.29 is 0 Å². The van der Waals surface area contributed by atoms with E-state index in [0.717, 1.165) is 74.2 Å². The summed E-state index contributed by atoms with van der Waals surface area (Å²) in [4.78, 5) is 15.8. The Morgan fingerprint density at radius 2 is 0.824 bits per heavy atom. The smallest absolute Gasteiger partial charge is 0.164 e. The van der Waals surface area contributed by atoms with E-state index in [0.29, 0.717) is 17.5 Å². The van der Waals surface area contributed by atoms with Gasteiger partial charge in [0.2, 0.25) is 0 Å². The first-order valence-corrected chi connectivity index (χ1v) is 23.3. The summed E-state index contributed by atoms with van der Waals surface area (Å²) in [5.74, 6) is 1.84. The summed E-state index contributed by atoms with van der Waals surface area (Å²) >= 11 is 0. The van der Waals surface area contributed by atoms with Crippen LogP contribution in [0.2, 0.25) is 0 Å². The SMILES string of the molecule is C1=Cc2c(n(-c3ccc(-c4ccccc4)cc3-c3ccc(-c4nc(-c5cccc(-c6ccccc6)c5)nc(-c5cccc(-n6c7ccccc7c7ccccc76)c5)n4)cc3)c3ccccc23)CC1. The van der Waals surface area contributed by atoms with E-state index in [9.17, 15) is 0 Å². The zero-order chi connectivity index (χ0) is 45.0. The van der Waals surface area contributed by atoms with Gasteiger partial charge < -0.3 is 9.13 Å². The second-order valence-corrected chi connectivity index (χ2v) is 17.5. The number of aromatic nitrogens is 5. The zero-order valence-corrected chi connectivity index (χ0v) is 37.2. The van der Waals surface area contributed by atoms with Gasteiger partial charge in [0.25, 0.3) is 0 Å². The van der Waals surface area contributed by atoms with Crippen LogP contribution in [0.5, 0.6) is 0 Å². The van der Waals surface area contributed by atoms with Crippen LogP contribution in [0.15, 0.2) is 231 Å². The Hall–Kier alpha value is -8.93. The van der Waals surface area contributed by atoms with Crippen LogP contribution < -0.4 is 0 Å². The normalized spacial score (nSPS) is 12.2. The minimum atomic E-state index is 0.609. The van der Waals surface area contributed by atoms with Crippen molar-refractivity contribution in [1.82, 2.24) is 24.1 Å². The van der Waals surface area contributed by atoms with E-state index >= 15 is 0 Å². The molecule has 320 valence electrons. The summed E-state index contributed by atoms with van der Waals surface area (Å²) in [6, 6.07) is 79.9. The second-order valence-electron chi connectivity index (χ2n) is 17.5. The maximum atomic E-state index is 5.28. The lowest BCUT2D eigenvalue weighted by molar-refractivity contribution is 0.889. The summed E-state index contributed by atoms with van der Waals surface area (Å²) in [5, 5.41) is 3.72. The Labute approximate surface area is 394 Å². The van der Waals surface area contributed by atoms with E-state index in [2.05, 4.69) is 240 Å². The molecule has 13 rings (SSSR count). The fourth-order valence-electron chi connectivity index (χ4n) is 10.2. The van der Waals surface area contributed by atoms with E-state index < -0.39 is 0 Å². The molecule has 3 aromatic heterocycles. The number of allylic oxidation sites excluding steroid dienone is 1. The Kier molecular flexibility index (Phi) is 9.57. The van der Waals surface area contributed by atoms with E-state index in [1.165, 1.54) is 44.1 Å². The molecule has 0 bridgehead atoms. The molecule has 3 heterocycles. The van der Waals surface area contributed by atoms with Gasteiger partial charge in [-0.1, -0.05) is 188 Å². The molecule has 0 fully saturated rings. The third kappa shape index (κ3) is 6.83. The van der Waals surface area contributed by atoms with E-state index in [1.54, 1.807) is 0 Å². The largest absolute Gasteiger partial charge is 0.312 e. The van der Waals surface area contributed by atoms with Gasteiger partial charge >= 0.3 is 0 Å². The van der Waals surface area contributed by atoms with Gasteiger partial charge in [-0.15, -0.1) is 0 Å². The lowest BCUT2D eigenvalue weighted by Crippen LogP contribution is -2.05. The number of benzene rings is 9. The summed E-state index contributed by atoms with van der Waals surface area (Å²) < 4.78 is 4.83. The summed E-state index contributed by atoms with van der Waals surface area (Å²) in [5.41, 5.74) is 18.0. The van der Waals surface area contributed by atoms with Crippen LogP contribution in [0, 0.1) is 0 Å². The highest BCUT2D eigenvalue weighted by molar-refractivity contribution is 6.09. The monoisotopic (exact) mass is 869 g/mol. The van der Waals surface area contributed by atoms with Crippen LogP contribution in [-0.2, 0) is 6.42 Å². The van der Waals surface area contributed by atoms with Crippen molar-refractivity contribution in [2.75, 3.05) is 0 Å². The highest BCUT2D eigenvalue weighted by Crippen LogP contribution is 2.40. The van der Waals surface area contributed by atoms with Gasteiger partial charge in [-0.3, -0.25) is 0 Å². The first kappa shape index (κ1) is 39.4. The maximum absolute atomic E-state index is 5.28. The van der Waals surface area contributed by atoms with Gasteiger partial charge in [-0.2, -0.15) is 0 Å². The highest BCUT2D eigenvalue weighted by atomic mass is 15.0. The van der Waals surface area contributed by atoms with Crippen molar-refractivity contribution in [2.24, 2.45) is 0 Å².